The summed E-state index contributed by atoms with van der Waals surface area (Å²) in [5.41, 5.74) is 2.74. The molecule has 0 N–H and O–H groups in total. The van der Waals surface area contributed by atoms with Crippen LogP contribution in [0.15, 0.2) is 36.7 Å². The molecule has 0 aliphatic heterocycles. The summed E-state index contributed by atoms with van der Waals surface area (Å²) in [7, 11) is 0. The predicted octanol–water partition coefficient (Wildman–Crippen LogP) is 2.64. The quantitative estimate of drug-likeness (QED) is 0.780. The molecule has 0 spiro atoms. The summed E-state index contributed by atoms with van der Waals surface area (Å²) in [6, 6.07) is 9.41. The third-order valence-corrected chi connectivity index (χ3v) is 2.70. The van der Waals surface area contributed by atoms with E-state index in [1.165, 1.54) is 0 Å². The zero-order chi connectivity index (χ0) is 10.7. The fourth-order valence-corrected chi connectivity index (χ4v) is 1.55. The van der Waals surface area contributed by atoms with Crippen molar-refractivity contribution in [2.45, 2.75) is 5.33 Å². The summed E-state index contributed by atoms with van der Waals surface area (Å²) in [4.78, 5) is 0. The predicted molar refractivity (Wildman–Crippen MR) is 60.9 cm³/mol. The molecule has 0 fully saturated rings. The van der Waals surface area contributed by atoms with Crippen molar-refractivity contribution < 1.29 is 0 Å². The number of nitrogens with zero attached hydrogens (tertiary/aromatic N) is 3. The lowest BCUT2D eigenvalue weighted by Gasteiger charge is -1.99. The van der Waals surface area contributed by atoms with Crippen molar-refractivity contribution in [3.8, 4) is 11.8 Å². The van der Waals surface area contributed by atoms with Gasteiger partial charge in [-0.3, -0.25) is 0 Å². The maximum absolute atomic E-state index is 8.66. The van der Waals surface area contributed by atoms with E-state index in [9.17, 15) is 0 Å². The summed E-state index contributed by atoms with van der Waals surface area (Å²) in [5, 5.41) is 13.7. The van der Waals surface area contributed by atoms with E-state index in [0.29, 0.717) is 5.56 Å². The van der Waals surface area contributed by atoms with Crippen LogP contribution in [0.3, 0.4) is 0 Å². The maximum atomic E-state index is 8.66. The lowest BCUT2D eigenvalue weighted by molar-refractivity contribution is 0.880. The second-order valence-electron chi connectivity index (χ2n) is 3.09. The summed E-state index contributed by atoms with van der Waals surface area (Å²) >= 11 is 3.37. The van der Waals surface area contributed by atoms with E-state index in [1.807, 2.05) is 24.5 Å². The summed E-state index contributed by atoms with van der Waals surface area (Å²) in [6.07, 6.45) is 3.77. The topological polar surface area (TPSA) is 41.6 Å². The molecule has 1 aromatic carbocycles. The summed E-state index contributed by atoms with van der Waals surface area (Å²) in [5.74, 6) is 0. The van der Waals surface area contributed by atoms with Crippen molar-refractivity contribution in [1.29, 1.82) is 5.26 Å². The summed E-state index contributed by atoms with van der Waals surface area (Å²) < 4.78 is 1.79. The zero-order valence-electron chi connectivity index (χ0n) is 7.89. The van der Waals surface area contributed by atoms with Crippen LogP contribution < -0.4 is 0 Å². The van der Waals surface area contributed by atoms with E-state index in [2.05, 4.69) is 27.1 Å². The van der Waals surface area contributed by atoms with Crippen LogP contribution in [0.4, 0.5) is 0 Å². The average molecular weight is 262 g/mol. The molecule has 0 bridgehead atoms. The molecular weight excluding hydrogens is 254 g/mol. The highest BCUT2D eigenvalue weighted by Gasteiger charge is 1.99. The first-order chi connectivity index (χ1) is 7.33. The standard InChI is InChI=1S/C11H8BrN3/c12-5-10-7-14-15(8-10)11-3-1-9(6-13)2-4-11/h1-4,7-8H,5H2. The molecule has 3 nitrogen and oxygen atoms in total. The van der Waals surface area contributed by atoms with Gasteiger partial charge in [0.05, 0.1) is 23.5 Å². The van der Waals surface area contributed by atoms with Crippen LogP contribution >= 0.6 is 15.9 Å². The fourth-order valence-electron chi connectivity index (χ4n) is 1.26. The van der Waals surface area contributed by atoms with Crippen LogP contribution in [0.25, 0.3) is 5.69 Å². The molecule has 2 rings (SSSR count). The van der Waals surface area contributed by atoms with E-state index < -0.39 is 0 Å². The Morgan fingerprint density at radius 3 is 2.60 bits per heavy atom. The molecule has 2 aromatic rings. The maximum Gasteiger partial charge on any atom is 0.0991 e. The van der Waals surface area contributed by atoms with Crippen molar-refractivity contribution in [3.63, 3.8) is 0 Å². The van der Waals surface area contributed by atoms with E-state index >= 15 is 0 Å². The highest BCUT2D eigenvalue weighted by atomic mass is 79.9. The first kappa shape index (κ1) is 9.94. The second-order valence-corrected chi connectivity index (χ2v) is 3.65. The summed E-state index contributed by atoms with van der Waals surface area (Å²) in [6.45, 7) is 0. The van der Waals surface area contributed by atoms with Crippen LogP contribution in [0.2, 0.25) is 0 Å². The Hall–Kier alpha value is -1.60. The van der Waals surface area contributed by atoms with Crippen molar-refractivity contribution in [1.82, 2.24) is 9.78 Å². The molecular formula is C11H8BrN3. The van der Waals surface area contributed by atoms with Crippen LogP contribution in [0.1, 0.15) is 11.1 Å². The molecule has 0 atom stereocenters. The Bertz CT molecular complexity index is 493. The third kappa shape index (κ3) is 2.08. The van der Waals surface area contributed by atoms with Gasteiger partial charge in [-0.05, 0) is 24.3 Å². The largest absolute Gasteiger partial charge is 0.241 e. The van der Waals surface area contributed by atoms with Gasteiger partial charge in [0, 0.05) is 17.1 Å². The zero-order valence-corrected chi connectivity index (χ0v) is 9.48. The number of nitriles is 1. The van der Waals surface area contributed by atoms with Crippen LogP contribution in [0.5, 0.6) is 0 Å². The SMILES string of the molecule is N#Cc1ccc(-n2cc(CBr)cn2)cc1. The molecule has 0 amide bonds. The average Bonchev–Trinajstić information content (AvgIpc) is 2.78. The molecule has 15 heavy (non-hydrogen) atoms. The van der Waals surface area contributed by atoms with Crippen molar-refractivity contribution in [3.05, 3.63) is 47.8 Å². The number of rotatable bonds is 2. The molecule has 0 aliphatic carbocycles. The van der Waals surface area contributed by atoms with Gasteiger partial charge >= 0.3 is 0 Å². The van der Waals surface area contributed by atoms with E-state index in [0.717, 1.165) is 16.6 Å². The van der Waals surface area contributed by atoms with Gasteiger partial charge in [0.2, 0.25) is 0 Å². The normalized spacial score (nSPS) is 9.87. The second kappa shape index (κ2) is 4.28. The van der Waals surface area contributed by atoms with E-state index in [1.54, 1.807) is 16.8 Å². The fraction of sp³-hybridized carbons (Fsp3) is 0.0909. The number of benzene rings is 1. The number of alkyl halides is 1. The number of halogens is 1. The number of aromatic nitrogens is 2. The number of hydrogen-bond donors (Lipinski definition) is 0. The Balaban J connectivity index is 2.33. The molecule has 1 heterocycles. The van der Waals surface area contributed by atoms with Crippen LogP contribution in [0, 0.1) is 11.3 Å². The molecule has 0 unspecified atom stereocenters. The van der Waals surface area contributed by atoms with Gasteiger partial charge in [0.15, 0.2) is 0 Å². The minimum Gasteiger partial charge on any atom is -0.241 e. The Kier molecular flexibility index (Phi) is 2.84. The molecule has 0 saturated heterocycles. The first-order valence-electron chi connectivity index (χ1n) is 4.43. The van der Waals surface area contributed by atoms with Gasteiger partial charge in [0.25, 0.3) is 0 Å². The van der Waals surface area contributed by atoms with Gasteiger partial charge in [-0.25, -0.2) is 4.68 Å². The van der Waals surface area contributed by atoms with Gasteiger partial charge in [0.1, 0.15) is 0 Å². The minimum atomic E-state index is 0.659. The molecule has 0 aliphatic rings. The Labute approximate surface area is 96.1 Å². The Morgan fingerprint density at radius 1 is 1.33 bits per heavy atom. The Morgan fingerprint density at radius 2 is 2.07 bits per heavy atom. The molecule has 74 valence electrons. The molecule has 0 saturated carbocycles. The van der Waals surface area contributed by atoms with Crippen molar-refractivity contribution >= 4 is 15.9 Å². The van der Waals surface area contributed by atoms with Gasteiger partial charge in [-0.2, -0.15) is 10.4 Å². The monoisotopic (exact) mass is 261 g/mol. The number of hydrogen-bond acceptors (Lipinski definition) is 2. The van der Waals surface area contributed by atoms with Crippen molar-refractivity contribution in [2.24, 2.45) is 0 Å². The lowest BCUT2D eigenvalue weighted by atomic mass is 10.2. The van der Waals surface area contributed by atoms with Crippen LogP contribution in [-0.2, 0) is 5.33 Å². The third-order valence-electron chi connectivity index (χ3n) is 2.05. The highest BCUT2D eigenvalue weighted by molar-refractivity contribution is 9.08. The van der Waals surface area contributed by atoms with Gasteiger partial charge < -0.3 is 0 Å². The smallest absolute Gasteiger partial charge is 0.0991 e. The van der Waals surface area contributed by atoms with Gasteiger partial charge in [-0.1, -0.05) is 15.9 Å². The van der Waals surface area contributed by atoms with Gasteiger partial charge in [-0.15, -0.1) is 0 Å². The molecule has 1 aromatic heterocycles. The molecule has 0 radical (unpaired) electrons. The highest BCUT2D eigenvalue weighted by Crippen LogP contribution is 2.11. The lowest BCUT2D eigenvalue weighted by Crippen LogP contribution is -1.93. The van der Waals surface area contributed by atoms with E-state index in [-0.39, 0.29) is 0 Å². The van der Waals surface area contributed by atoms with Crippen LogP contribution in [-0.4, -0.2) is 9.78 Å². The molecule has 4 heteroatoms. The van der Waals surface area contributed by atoms with Crippen molar-refractivity contribution in [2.75, 3.05) is 0 Å². The minimum absolute atomic E-state index is 0.659. The first-order valence-corrected chi connectivity index (χ1v) is 5.55. The van der Waals surface area contributed by atoms with E-state index in [4.69, 9.17) is 5.26 Å².